The maximum absolute atomic E-state index is 12.6. The average Bonchev–Trinajstić information content (AvgIpc) is 3.49. The molecule has 2 aromatic carbocycles. The first-order valence-corrected chi connectivity index (χ1v) is 11.3. The number of hydrogen-bond donors (Lipinski definition) is 1. The first-order chi connectivity index (χ1) is 14.9. The van der Waals surface area contributed by atoms with Gasteiger partial charge in [-0.2, -0.15) is 4.31 Å². The Balaban J connectivity index is 1.38. The van der Waals surface area contributed by atoms with E-state index in [1.165, 1.54) is 27.4 Å². The smallest absolute Gasteiger partial charge is 0.265 e. The molecule has 3 aromatic rings. The van der Waals surface area contributed by atoms with Crippen LogP contribution in [-0.4, -0.2) is 58.0 Å². The first-order valence-electron chi connectivity index (χ1n) is 9.85. The molecule has 10 nitrogen and oxygen atoms in total. The molecule has 0 aliphatic carbocycles. The van der Waals surface area contributed by atoms with Gasteiger partial charge in [-0.1, -0.05) is 6.07 Å². The molecule has 4 rings (SSSR count). The van der Waals surface area contributed by atoms with Crippen molar-refractivity contribution in [3.05, 3.63) is 54.9 Å². The minimum absolute atomic E-state index is 0.219. The highest BCUT2D eigenvalue weighted by molar-refractivity contribution is 7.89. The molecule has 0 bridgehead atoms. The number of nitrogens with one attached hydrogen (secondary N) is 1. The number of ether oxygens (including phenoxy) is 1. The van der Waals surface area contributed by atoms with Gasteiger partial charge in [0.1, 0.15) is 12.1 Å². The van der Waals surface area contributed by atoms with Gasteiger partial charge in [-0.3, -0.25) is 4.79 Å². The summed E-state index contributed by atoms with van der Waals surface area (Å²) >= 11 is 0. The summed E-state index contributed by atoms with van der Waals surface area (Å²) in [4.78, 5) is 12.7. The number of hydrogen-bond acceptors (Lipinski definition) is 7. The van der Waals surface area contributed by atoms with Crippen molar-refractivity contribution in [2.45, 2.75) is 30.8 Å². The number of nitrogens with zero attached hydrogens (tertiary/aromatic N) is 5. The lowest BCUT2D eigenvalue weighted by Gasteiger charge is -2.17. The molecular weight excluding hydrogens is 420 g/mol. The van der Waals surface area contributed by atoms with E-state index >= 15 is 0 Å². The predicted molar refractivity (Wildman–Crippen MR) is 112 cm³/mol. The fourth-order valence-corrected chi connectivity index (χ4v) is 4.79. The van der Waals surface area contributed by atoms with Crippen molar-refractivity contribution in [1.29, 1.82) is 0 Å². The van der Waals surface area contributed by atoms with E-state index in [0.717, 1.165) is 12.8 Å². The number of anilines is 1. The summed E-state index contributed by atoms with van der Waals surface area (Å²) < 4.78 is 33.9. The van der Waals surface area contributed by atoms with Gasteiger partial charge in [0.15, 0.2) is 6.10 Å². The Morgan fingerprint density at radius 2 is 1.87 bits per heavy atom. The number of aromatic nitrogens is 4. The van der Waals surface area contributed by atoms with Gasteiger partial charge >= 0.3 is 0 Å². The van der Waals surface area contributed by atoms with Crippen LogP contribution in [0.15, 0.2) is 59.8 Å². The van der Waals surface area contributed by atoms with Crippen molar-refractivity contribution in [3.63, 3.8) is 0 Å². The van der Waals surface area contributed by atoms with Gasteiger partial charge in [-0.05, 0) is 66.6 Å². The van der Waals surface area contributed by atoms with E-state index in [1.54, 1.807) is 37.3 Å². The Labute approximate surface area is 179 Å². The Kier molecular flexibility index (Phi) is 5.96. The Hall–Kier alpha value is -3.31. The van der Waals surface area contributed by atoms with Crippen molar-refractivity contribution < 1.29 is 17.9 Å². The molecule has 1 unspecified atom stereocenters. The van der Waals surface area contributed by atoms with Gasteiger partial charge in [0.2, 0.25) is 10.0 Å². The van der Waals surface area contributed by atoms with Crippen molar-refractivity contribution in [2.75, 3.05) is 18.4 Å². The fraction of sp³-hybridized carbons (Fsp3) is 0.300. The quantitative estimate of drug-likeness (QED) is 0.593. The molecule has 0 radical (unpaired) electrons. The van der Waals surface area contributed by atoms with Gasteiger partial charge in [-0.25, -0.2) is 13.1 Å². The Morgan fingerprint density at radius 3 is 2.55 bits per heavy atom. The van der Waals surface area contributed by atoms with Gasteiger partial charge in [0.25, 0.3) is 5.91 Å². The standard InChI is InChI=1S/C20H22N6O4S/c1-15(30-18-6-4-5-17(13-18)26-14-21-23-24-26)20(27)22-16-7-9-19(10-8-16)31(28,29)25-11-2-3-12-25/h4-10,13-15H,2-3,11-12H2,1H3,(H,22,27). The van der Waals surface area contributed by atoms with Gasteiger partial charge in [-0.15, -0.1) is 5.10 Å². The average molecular weight is 443 g/mol. The molecule has 162 valence electrons. The third kappa shape index (κ3) is 4.72. The Morgan fingerprint density at radius 1 is 1.13 bits per heavy atom. The largest absolute Gasteiger partial charge is 0.481 e. The zero-order chi connectivity index (χ0) is 21.8. The number of tetrazole rings is 1. The summed E-state index contributed by atoms with van der Waals surface area (Å²) in [7, 11) is -3.48. The van der Waals surface area contributed by atoms with E-state index in [2.05, 4.69) is 20.8 Å². The number of rotatable bonds is 7. The van der Waals surface area contributed by atoms with E-state index in [1.807, 2.05) is 6.07 Å². The molecular formula is C20H22N6O4S. The predicted octanol–water partition coefficient (Wildman–Crippen LogP) is 1.85. The second kappa shape index (κ2) is 8.82. The third-order valence-corrected chi connectivity index (χ3v) is 6.85. The van der Waals surface area contributed by atoms with E-state index < -0.39 is 16.1 Å². The summed E-state index contributed by atoms with van der Waals surface area (Å²) in [5.41, 5.74) is 1.19. The third-order valence-electron chi connectivity index (χ3n) is 4.94. The molecule has 2 heterocycles. The number of benzene rings is 2. The molecule has 1 amide bonds. The van der Waals surface area contributed by atoms with Crippen LogP contribution < -0.4 is 10.1 Å². The summed E-state index contributed by atoms with van der Waals surface area (Å²) in [5.74, 6) is 0.130. The molecule has 1 saturated heterocycles. The highest BCUT2D eigenvalue weighted by Crippen LogP contribution is 2.22. The first kappa shape index (κ1) is 20.9. The van der Waals surface area contributed by atoms with Crippen LogP contribution in [0.1, 0.15) is 19.8 Å². The van der Waals surface area contributed by atoms with Crippen LogP contribution in [0.3, 0.4) is 0 Å². The molecule has 1 aromatic heterocycles. The molecule has 1 fully saturated rings. The Bertz CT molecular complexity index is 1140. The van der Waals surface area contributed by atoms with E-state index in [9.17, 15) is 13.2 Å². The van der Waals surface area contributed by atoms with Crippen molar-refractivity contribution in [3.8, 4) is 11.4 Å². The number of carbonyl (C=O) groups excluding carboxylic acids is 1. The number of amides is 1. The number of carbonyl (C=O) groups is 1. The van der Waals surface area contributed by atoms with Crippen LogP contribution in [0.4, 0.5) is 5.69 Å². The molecule has 31 heavy (non-hydrogen) atoms. The van der Waals surface area contributed by atoms with Gasteiger partial charge in [0, 0.05) is 24.8 Å². The molecule has 0 saturated carbocycles. The minimum Gasteiger partial charge on any atom is -0.481 e. The lowest BCUT2D eigenvalue weighted by atomic mass is 10.2. The normalized spacial score (nSPS) is 15.5. The monoisotopic (exact) mass is 442 g/mol. The lowest BCUT2D eigenvalue weighted by molar-refractivity contribution is -0.122. The molecule has 1 aliphatic rings. The molecule has 1 aliphatic heterocycles. The SMILES string of the molecule is CC(Oc1cccc(-n2cnnn2)c1)C(=O)Nc1ccc(S(=O)(=O)N2CCCC2)cc1. The molecule has 1 N–H and O–H groups in total. The zero-order valence-corrected chi connectivity index (χ0v) is 17.7. The maximum atomic E-state index is 12.6. The second-order valence-corrected chi connectivity index (χ2v) is 9.07. The van der Waals surface area contributed by atoms with Crippen molar-refractivity contribution in [1.82, 2.24) is 24.5 Å². The summed E-state index contributed by atoms with van der Waals surface area (Å²) in [6.45, 7) is 2.72. The van der Waals surface area contributed by atoms with Gasteiger partial charge in [0.05, 0.1) is 10.6 Å². The molecule has 1 atom stereocenters. The minimum atomic E-state index is -3.48. The van der Waals surface area contributed by atoms with Crippen LogP contribution in [0.5, 0.6) is 5.75 Å². The maximum Gasteiger partial charge on any atom is 0.265 e. The molecule has 11 heteroatoms. The van der Waals surface area contributed by atoms with E-state index in [-0.39, 0.29) is 10.8 Å². The highest BCUT2D eigenvalue weighted by Gasteiger charge is 2.27. The lowest BCUT2D eigenvalue weighted by Crippen LogP contribution is -2.30. The topological polar surface area (TPSA) is 119 Å². The molecule has 0 spiro atoms. The highest BCUT2D eigenvalue weighted by atomic mass is 32.2. The second-order valence-electron chi connectivity index (χ2n) is 7.14. The summed E-state index contributed by atoms with van der Waals surface area (Å²) in [5, 5.41) is 13.8. The van der Waals surface area contributed by atoms with Crippen LogP contribution in [-0.2, 0) is 14.8 Å². The van der Waals surface area contributed by atoms with Gasteiger partial charge < -0.3 is 10.1 Å². The van der Waals surface area contributed by atoms with Crippen LogP contribution in [0.2, 0.25) is 0 Å². The number of sulfonamides is 1. The zero-order valence-electron chi connectivity index (χ0n) is 16.9. The fourth-order valence-electron chi connectivity index (χ4n) is 3.27. The summed E-state index contributed by atoms with van der Waals surface area (Å²) in [6.07, 6.45) is 2.44. The van der Waals surface area contributed by atoms with Crippen LogP contribution in [0.25, 0.3) is 5.69 Å². The van der Waals surface area contributed by atoms with Crippen LogP contribution >= 0.6 is 0 Å². The van der Waals surface area contributed by atoms with Crippen LogP contribution in [0, 0.1) is 0 Å². The van der Waals surface area contributed by atoms with Crippen molar-refractivity contribution in [2.24, 2.45) is 0 Å². The van der Waals surface area contributed by atoms with E-state index in [0.29, 0.717) is 30.2 Å². The summed E-state index contributed by atoms with van der Waals surface area (Å²) in [6, 6.07) is 13.2. The van der Waals surface area contributed by atoms with E-state index in [4.69, 9.17) is 4.74 Å². The van der Waals surface area contributed by atoms with Crippen molar-refractivity contribution >= 4 is 21.6 Å².